The Kier molecular flexibility index (Phi) is 4.98. The highest BCUT2D eigenvalue weighted by molar-refractivity contribution is 8.00. The highest BCUT2D eigenvalue weighted by Gasteiger charge is 2.15. The van der Waals surface area contributed by atoms with E-state index in [-0.39, 0.29) is 16.5 Å². The summed E-state index contributed by atoms with van der Waals surface area (Å²) in [5, 5.41) is 8.15. The highest BCUT2D eigenvalue weighted by atomic mass is 32.2. The lowest BCUT2D eigenvalue weighted by Crippen LogP contribution is -2.13. The van der Waals surface area contributed by atoms with Gasteiger partial charge in [-0.1, -0.05) is 18.2 Å². The van der Waals surface area contributed by atoms with Gasteiger partial charge in [0.1, 0.15) is 5.84 Å². The van der Waals surface area contributed by atoms with Crippen LogP contribution < -0.4 is 5.73 Å². The number of nitrogens with two attached hydrogens (primary N) is 1. The maximum Gasteiger partial charge on any atom is 0.179 e. The molecule has 0 saturated heterocycles. The van der Waals surface area contributed by atoms with Crippen molar-refractivity contribution in [1.82, 2.24) is 4.98 Å². The summed E-state index contributed by atoms with van der Waals surface area (Å²) in [6.45, 7) is 0. The monoisotopic (exact) mass is 321 g/mol. The van der Waals surface area contributed by atoms with Crippen molar-refractivity contribution < 1.29 is 8.42 Å². The predicted octanol–water partition coefficient (Wildman–Crippen LogP) is 1.93. The molecule has 2 aromatic rings. The van der Waals surface area contributed by atoms with Gasteiger partial charge in [0.25, 0.3) is 0 Å². The molecule has 0 amide bonds. The van der Waals surface area contributed by atoms with E-state index >= 15 is 0 Å². The molecule has 0 aliphatic heterocycles. The first-order valence-electron chi connectivity index (χ1n) is 6.20. The van der Waals surface area contributed by atoms with Gasteiger partial charge in [-0.15, -0.1) is 11.8 Å². The van der Waals surface area contributed by atoms with Crippen molar-refractivity contribution in [3.8, 4) is 0 Å². The van der Waals surface area contributed by atoms with E-state index in [1.807, 2.05) is 18.2 Å². The predicted molar refractivity (Wildman–Crippen MR) is 84.5 cm³/mol. The third-order valence-electron chi connectivity index (χ3n) is 2.74. The minimum absolute atomic E-state index is 0.00952. The maximum atomic E-state index is 12.3. The Morgan fingerprint density at radius 3 is 2.71 bits per heavy atom. The molecule has 1 heterocycles. The normalized spacial score (nSPS) is 11.2. The topological polar surface area (TPSA) is 96.9 Å². The molecule has 110 valence electrons. The molecular weight excluding hydrogens is 306 g/mol. The fourth-order valence-corrected chi connectivity index (χ4v) is 4.22. The molecule has 1 aromatic heterocycles. The third kappa shape index (κ3) is 4.30. The average Bonchev–Trinajstić information content (AvgIpc) is 2.48. The molecule has 0 spiro atoms. The summed E-state index contributed by atoms with van der Waals surface area (Å²) in [6, 6.07) is 11.7. The Bertz CT molecular complexity index is 731. The Labute approximate surface area is 128 Å². The minimum atomic E-state index is -3.39. The standard InChI is InChI=1S/C14H15N3O2S2/c15-14(16)11-4-3-5-12(10-11)21(18,19)9-8-20-13-6-1-2-7-17-13/h1-7,10H,8-9H2,(H3,15,16). The molecule has 0 bridgehead atoms. The smallest absolute Gasteiger partial charge is 0.179 e. The van der Waals surface area contributed by atoms with Gasteiger partial charge < -0.3 is 5.73 Å². The molecule has 0 aliphatic carbocycles. The summed E-state index contributed by atoms with van der Waals surface area (Å²) in [5.74, 6) is 0.286. The fourth-order valence-electron chi connectivity index (χ4n) is 1.66. The molecule has 21 heavy (non-hydrogen) atoms. The van der Waals surface area contributed by atoms with E-state index in [2.05, 4.69) is 4.98 Å². The average molecular weight is 321 g/mol. The largest absolute Gasteiger partial charge is 0.384 e. The van der Waals surface area contributed by atoms with Crippen LogP contribution in [0.15, 0.2) is 58.6 Å². The number of nitrogen functional groups attached to an aromatic ring is 1. The third-order valence-corrected chi connectivity index (χ3v) is 5.66. The zero-order valence-corrected chi connectivity index (χ0v) is 12.8. The number of aromatic nitrogens is 1. The summed E-state index contributed by atoms with van der Waals surface area (Å²) in [6.07, 6.45) is 1.67. The molecule has 5 nitrogen and oxygen atoms in total. The molecule has 3 N–H and O–H groups in total. The lowest BCUT2D eigenvalue weighted by atomic mass is 10.2. The van der Waals surface area contributed by atoms with Crippen LogP contribution in [0, 0.1) is 5.41 Å². The number of hydrogen-bond donors (Lipinski definition) is 2. The second kappa shape index (κ2) is 6.73. The zero-order chi connectivity index (χ0) is 15.3. The number of rotatable bonds is 6. The quantitative estimate of drug-likeness (QED) is 0.481. The minimum Gasteiger partial charge on any atom is -0.384 e. The summed E-state index contributed by atoms with van der Waals surface area (Å²) in [5.41, 5.74) is 5.79. The van der Waals surface area contributed by atoms with Crippen molar-refractivity contribution in [3.05, 3.63) is 54.2 Å². The van der Waals surface area contributed by atoms with E-state index < -0.39 is 9.84 Å². The number of amidine groups is 1. The van der Waals surface area contributed by atoms with E-state index in [1.54, 1.807) is 18.3 Å². The Balaban J connectivity index is 2.05. The number of benzene rings is 1. The van der Waals surface area contributed by atoms with Gasteiger partial charge in [-0.25, -0.2) is 13.4 Å². The van der Waals surface area contributed by atoms with Crippen LogP contribution in [-0.4, -0.2) is 30.7 Å². The van der Waals surface area contributed by atoms with E-state index in [4.69, 9.17) is 11.1 Å². The molecule has 7 heteroatoms. The summed E-state index contributed by atoms with van der Waals surface area (Å²) < 4.78 is 24.5. The Morgan fingerprint density at radius 2 is 2.05 bits per heavy atom. The first kappa shape index (κ1) is 15.5. The van der Waals surface area contributed by atoms with Gasteiger partial charge in [-0.2, -0.15) is 0 Å². The first-order valence-corrected chi connectivity index (χ1v) is 8.84. The van der Waals surface area contributed by atoms with E-state index in [0.29, 0.717) is 11.3 Å². The molecule has 0 fully saturated rings. The molecule has 0 unspecified atom stereocenters. The van der Waals surface area contributed by atoms with Gasteiger partial charge in [-0.3, -0.25) is 5.41 Å². The summed E-state index contributed by atoms with van der Waals surface area (Å²) >= 11 is 1.40. The van der Waals surface area contributed by atoms with Crippen molar-refractivity contribution >= 4 is 27.4 Å². The number of nitrogens with one attached hydrogen (secondary N) is 1. The van der Waals surface area contributed by atoms with Crippen molar-refractivity contribution in [2.75, 3.05) is 11.5 Å². The van der Waals surface area contributed by atoms with Gasteiger partial charge in [0.05, 0.1) is 15.7 Å². The van der Waals surface area contributed by atoms with Crippen LogP contribution in [0.3, 0.4) is 0 Å². The summed E-state index contributed by atoms with van der Waals surface area (Å²) in [7, 11) is -3.39. The molecular formula is C14H15N3O2S2. The Morgan fingerprint density at radius 1 is 1.24 bits per heavy atom. The molecule has 0 aliphatic rings. The van der Waals surface area contributed by atoms with E-state index in [1.165, 1.54) is 23.9 Å². The van der Waals surface area contributed by atoms with Crippen molar-refractivity contribution in [1.29, 1.82) is 5.41 Å². The number of nitrogens with zero attached hydrogens (tertiary/aromatic N) is 1. The molecule has 0 atom stereocenters. The second-order valence-corrected chi connectivity index (χ2v) is 7.50. The molecule has 1 aromatic carbocycles. The second-order valence-electron chi connectivity index (χ2n) is 4.28. The number of sulfone groups is 1. The van der Waals surface area contributed by atoms with E-state index in [9.17, 15) is 8.42 Å². The number of hydrogen-bond acceptors (Lipinski definition) is 5. The lowest BCUT2D eigenvalue weighted by Gasteiger charge is -2.06. The molecule has 2 rings (SSSR count). The first-order chi connectivity index (χ1) is 9.99. The maximum absolute atomic E-state index is 12.3. The molecule has 0 radical (unpaired) electrons. The van der Waals surface area contributed by atoms with Crippen LogP contribution >= 0.6 is 11.8 Å². The Hall–Kier alpha value is -1.86. The summed E-state index contributed by atoms with van der Waals surface area (Å²) in [4.78, 5) is 4.32. The van der Waals surface area contributed by atoms with Gasteiger partial charge in [0, 0.05) is 17.5 Å². The van der Waals surface area contributed by atoms with E-state index in [0.717, 1.165) is 5.03 Å². The van der Waals surface area contributed by atoms with Crippen LogP contribution in [0.25, 0.3) is 0 Å². The van der Waals surface area contributed by atoms with Gasteiger partial charge in [-0.05, 0) is 24.3 Å². The van der Waals surface area contributed by atoms with Crippen molar-refractivity contribution in [3.63, 3.8) is 0 Å². The molecule has 0 saturated carbocycles. The van der Waals surface area contributed by atoms with Gasteiger partial charge >= 0.3 is 0 Å². The lowest BCUT2D eigenvalue weighted by molar-refractivity contribution is 0.597. The van der Waals surface area contributed by atoms with Gasteiger partial charge in [0.15, 0.2) is 9.84 Å². The highest BCUT2D eigenvalue weighted by Crippen LogP contribution is 2.18. The van der Waals surface area contributed by atoms with Gasteiger partial charge in [0.2, 0.25) is 0 Å². The fraction of sp³-hybridized carbons (Fsp3) is 0.143. The van der Waals surface area contributed by atoms with Crippen LogP contribution in [0.1, 0.15) is 5.56 Å². The van der Waals surface area contributed by atoms with Crippen molar-refractivity contribution in [2.45, 2.75) is 9.92 Å². The van der Waals surface area contributed by atoms with Crippen LogP contribution in [0.4, 0.5) is 0 Å². The zero-order valence-electron chi connectivity index (χ0n) is 11.2. The number of thioether (sulfide) groups is 1. The van der Waals surface area contributed by atoms with Crippen molar-refractivity contribution in [2.24, 2.45) is 5.73 Å². The van der Waals surface area contributed by atoms with Crippen LogP contribution in [-0.2, 0) is 9.84 Å². The van der Waals surface area contributed by atoms with Crippen LogP contribution in [0.2, 0.25) is 0 Å². The van der Waals surface area contributed by atoms with Crippen LogP contribution in [0.5, 0.6) is 0 Å². The SMILES string of the molecule is N=C(N)c1cccc(S(=O)(=O)CCSc2ccccn2)c1. The number of pyridine rings is 1.